The topological polar surface area (TPSA) is 56.8 Å². The molecule has 0 heterocycles. The summed E-state index contributed by atoms with van der Waals surface area (Å²) >= 11 is 6.10. The van der Waals surface area contributed by atoms with Gasteiger partial charge in [0, 0.05) is 17.3 Å². The summed E-state index contributed by atoms with van der Waals surface area (Å²) in [6.07, 6.45) is 0. The minimum Gasteiger partial charge on any atom is -0.493 e. The SMILES string of the molecule is CCOc1ccc(C(=O)Nc2ccc(OC)c(OC)c2)cc1Cl. The molecule has 6 heteroatoms. The molecule has 23 heavy (non-hydrogen) atoms. The van der Waals surface area contributed by atoms with Gasteiger partial charge in [0.15, 0.2) is 11.5 Å². The zero-order chi connectivity index (χ0) is 16.8. The van der Waals surface area contributed by atoms with E-state index in [-0.39, 0.29) is 5.91 Å². The molecule has 1 N–H and O–H groups in total. The lowest BCUT2D eigenvalue weighted by Crippen LogP contribution is -2.12. The summed E-state index contributed by atoms with van der Waals surface area (Å²) in [5.41, 5.74) is 1.03. The van der Waals surface area contributed by atoms with Gasteiger partial charge in [-0.15, -0.1) is 0 Å². The van der Waals surface area contributed by atoms with E-state index in [2.05, 4.69) is 5.32 Å². The molecule has 2 rings (SSSR count). The lowest BCUT2D eigenvalue weighted by Gasteiger charge is -2.11. The quantitative estimate of drug-likeness (QED) is 0.866. The Balaban J connectivity index is 2.17. The Hall–Kier alpha value is -2.40. The summed E-state index contributed by atoms with van der Waals surface area (Å²) in [6.45, 7) is 2.38. The largest absolute Gasteiger partial charge is 0.493 e. The van der Waals surface area contributed by atoms with Crippen molar-refractivity contribution in [1.82, 2.24) is 0 Å². The Kier molecular flexibility index (Phi) is 5.71. The van der Waals surface area contributed by atoms with Crippen LogP contribution in [0.2, 0.25) is 5.02 Å². The van der Waals surface area contributed by atoms with E-state index in [1.807, 2.05) is 6.92 Å². The summed E-state index contributed by atoms with van der Waals surface area (Å²) < 4.78 is 15.7. The smallest absolute Gasteiger partial charge is 0.255 e. The molecule has 122 valence electrons. The van der Waals surface area contributed by atoms with E-state index in [4.69, 9.17) is 25.8 Å². The van der Waals surface area contributed by atoms with Crippen LogP contribution >= 0.6 is 11.6 Å². The van der Waals surface area contributed by atoms with Crippen molar-refractivity contribution in [2.75, 3.05) is 26.1 Å². The maximum atomic E-state index is 12.3. The van der Waals surface area contributed by atoms with Crippen LogP contribution in [-0.2, 0) is 0 Å². The fourth-order valence-corrected chi connectivity index (χ4v) is 2.27. The van der Waals surface area contributed by atoms with E-state index >= 15 is 0 Å². The van der Waals surface area contributed by atoms with Crippen LogP contribution in [0.1, 0.15) is 17.3 Å². The highest BCUT2D eigenvalue weighted by atomic mass is 35.5. The van der Waals surface area contributed by atoms with Gasteiger partial charge in [-0.1, -0.05) is 11.6 Å². The van der Waals surface area contributed by atoms with Crippen LogP contribution in [0.15, 0.2) is 36.4 Å². The number of methoxy groups -OCH3 is 2. The summed E-state index contributed by atoms with van der Waals surface area (Å²) in [5, 5.41) is 3.18. The van der Waals surface area contributed by atoms with Gasteiger partial charge in [-0.3, -0.25) is 4.79 Å². The van der Waals surface area contributed by atoms with Crippen LogP contribution in [0.3, 0.4) is 0 Å². The van der Waals surface area contributed by atoms with Gasteiger partial charge in [0.2, 0.25) is 0 Å². The third-order valence-electron chi connectivity index (χ3n) is 3.14. The third kappa shape index (κ3) is 4.07. The number of halogens is 1. The number of hydrogen-bond acceptors (Lipinski definition) is 4. The van der Waals surface area contributed by atoms with Gasteiger partial charge in [-0.25, -0.2) is 0 Å². The number of carbonyl (C=O) groups is 1. The Morgan fingerprint density at radius 1 is 1.04 bits per heavy atom. The first-order valence-electron chi connectivity index (χ1n) is 7.04. The second-order valence-electron chi connectivity index (χ2n) is 4.60. The molecule has 0 saturated heterocycles. The Labute approximate surface area is 140 Å². The number of hydrogen-bond donors (Lipinski definition) is 1. The third-order valence-corrected chi connectivity index (χ3v) is 3.43. The van der Waals surface area contributed by atoms with Gasteiger partial charge in [-0.05, 0) is 37.3 Å². The van der Waals surface area contributed by atoms with Crippen molar-refractivity contribution < 1.29 is 19.0 Å². The fraction of sp³-hybridized carbons (Fsp3) is 0.235. The van der Waals surface area contributed by atoms with Crippen molar-refractivity contribution in [3.8, 4) is 17.2 Å². The molecule has 0 aliphatic heterocycles. The number of amides is 1. The first-order valence-corrected chi connectivity index (χ1v) is 7.42. The highest BCUT2D eigenvalue weighted by Gasteiger charge is 2.11. The van der Waals surface area contributed by atoms with Crippen LogP contribution in [0.4, 0.5) is 5.69 Å². The number of nitrogens with one attached hydrogen (secondary N) is 1. The van der Waals surface area contributed by atoms with Crippen molar-refractivity contribution in [2.24, 2.45) is 0 Å². The second-order valence-corrected chi connectivity index (χ2v) is 5.01. The summed E-state index contributed by atoms with van der Waals surface area (Å²) in [4.78, 5) is 12.3. The predicted octanol–water partition coefficient (Wildman–Crippen LogP) is 4.01. The minimum atomic E-state index is -0.276. The van der Waals surface area contributed by atoms with E-state index in [0.717, 1.165) is 0 Å². The van der Waals surface area contributed by atoms with Crippen LogP contribution in [0.25, 0.3) is 0 Å². The zero-order valence-electron chi connectivity index (χ0n) is 13.2. The fourth-order valence-electron chi connectivity index (χ4n) is 2.03. The van der Waals surface area contributed by atoms with Gasteiger partial charge in [-0.2, -0.15) is 0 Å². The number of rotatable bonds is 6. The van der Waals surface area contributed by atoms with Gasteiger partial charge < -0.3 is 19.5 Å². The van der Waals surface area contributed by atoms with E-state index < -0.39 is 0 Å². The van der Waals surface area contributed by atoms with E-state index in [1.54, 1.807) is 43.5 Å². The van der Waals surface area contributed by atoms with Gasteiger partial charge in [0.05, 0.1) is 25.8 Å². The van der Waals surface area contributed by atoms with Crippen LogP contribution in [0, 0.1) is 0 Å². The molecule has 1 amide bonds. The average molecular weight is 336 g/mol. The molecule has 0 bridgehead atoms. The lowest BCUT2D eigenvalue weighted by atomic mass is 10.2. The number of anilines is 1. The lowest BCUT2D eigenvalue weighted by molar-refractivity contribution is 0.102. The summed E-state index contributed by atoms with van der Waals surface area (Å²) in [5.74, 6) is 1.41. The van der Waals surface area contributed by atoms with E-state index in [0.29, 0.717) is 40.1 Å². The molecular weight excluding hydrogens is 318 g/mol. The Morgan fingerprint density at radius 2 is 1.74 bits per heavy atom. The monoisotopic (exact) mass is 335 g/mol. The molecule has 0 aromatic heterocycles. The normalized spacial score (nSPS) is 10.1. The molecule has 0 unspecified atom stereocenters. The Morgan fingerprint density at radius 3 is 2.35 bits per heavy atom. The molecule has 0 radical (unpaired) electrons. The van der Waals surface area contributed by atoms with Crippen LogP contribution in [-0.4, -0.2) is 26.7 Å². The molecule has 0 atom stereocenters. The van der Waals surface area contributed by atoms with Crippen molar-refractivity contribution in [1.29, 1.82) is 0 Å². The number of benzene rings is 2. The highest BCUT2D eigenvalue weighted by Crippen LogP contribution is 2.30. The van der Waals surface area contributed by atoms with E-state index in [9.17, 15) is 4.79 Å². The van der Waals surface area contributed by atoms with E-state index in [1.165, 1.54) is 7.11 Å². The Bertz CT molecular complexity index is 703. The van der Waals surface area contributed by atoms with Crippen LogP contribution < -0.4 is 19.5 Å². The number of ether oxygens (including phenoxy) is 3. The van der Waals surface area contributed by atoms with Crippen molar-refractivity contribution in [3.05, 3.63) is 47.0 Å². The van der Waals surface area contributed by atoms with Gasteiger partial charge in [0.25, 0.3) is 5.91 Å². The standard InChI is InChI=1S/C17H18ClNO4/c1-4-23-14-7-5-11(9-13(14)18)17(20)19-12-6-8-15(21-2)16(10-12)22-3/h5-10H,4H2,1-3H3,(H,19,20). The molecular formula is C17H18ClNO4. The maximum absolute atomic E-state index is 12.3. The predicted molar refractivity (Wildman–Crippen MR) is 90.1 cm³/mol. The van der Waals surface area contributed by atoms with Gasteiger partial charge >= 0.3 is 0 Å². The first-order chi connectivity index (χ1) is 11.1. The molecule has 5 nitrogen and oxygen atoms in total. The number of carbonyl (C=O) groups excluding carboxylic acids is 1. The molecule has 2 aromatic carbocycles. The molecule has 0 saturated carbocycles. The first kappa shape index (κ1) is 17.0. The highest BCUT2D eigenvalue weighted by molar-refractivity contribution is 6.32. The minimum absolute atomic E-state index is 0.276. The average Bonchev–Trinajstić information content (AvgIpc) is 2.56. The molecule has 0 aliphatic rings. The van der Waals surface area contributed by atoms with Gasteiger partial charge in [0.1, 0.15) is 5.75 Å². The molecule has 0 spiro atoms. The molecule has 2 aromatic rings. The van der Waals surface area contributed by atoms with Crippen molar-refractivity contribution in [2.45, 2.75) is 6.92 Å². The molecule has 0 aliphatic carbocycles. The second kappa shape index (κ2) is 7.74. The van der Waals surface area contributed by atoms with Crippen molar-refractivity contribution >= 4 is 23.2 Å². The molecule has 0 fully saturated rings. The zero-order valence-corrected chi connectivity index (χ0v) is 13.9. The van der Waals surface area contributed by atoms with Crippen LogP contribution in [0.5, 0.6) is 17.2 Å². The summed E-state index contributed by atoms with van der Waals surface area (Å²) in [6, 6.07) is 10.0. The maximum Gasteiger partial charge on any atom is 0.255 e. The van der Waals surface area contributed by atoms with Crippen molar-refractivity contribution in [3.63, 3.8) is 0 Å². The summed E-state index contributed by atoms with van der Waals surface area (Å²) in [7, 11) is 3.09.